The smallest absolute Gasteiger partial charge is 0.428 e. The zero-order valence-corrected chi connectivity index (χ0v) is 63.1. The summed E-state index contributed by atoms with van der Waals surface area (Å²) in [6, 6.07) is 40.9. The molecule has 556 valence electrons. The lowest BCUT2D eigenvalue weighted by Crippen LogP contribution is -2.50. The Morgan fingerprint density at radius 2 is 0.792 bits per heavy atom. The van der Waals surface area contributed by atoms with Gasteiger partial charge in [-0.25, -0.2) is 26.0 Å². The summed E-state index contributed by atoms with van der Waals surface area (Å²) in [5, 5.41) is 2.34. The number of ether oxygens (including phenoxy) is 3. The third-order valence-corrected chi connectivity index (χ3v) is 27.8. The number of thiophene rings is 2. The van der Waals surface area contributed by atoms with Gasteiger partial charge in [-0.15, -0.1) is 0 Å². The van der Waals surface area contributed by atoms with Crippen LogP contribution in [0, 0.1) is 46.3 Å². The zero-order chi connectivity index (χ0) is 71.9. The molecule has 0 spiro atoms. The molecule has 8 fully saturated rings. The van der Waals surface area contributed by atoms with E-state index in [1.54, 1.807) is 0 Å². The predicted molar refractivity (Wildman–Crippen MR) is 399 cm³/mol. The first-order chi connectivity index (χ1) is 48.6. The number of halogens is 3. The summed E-state index contributed by atoms with van der Waals surface area (Å²) in [5.74, 6) is -0.729. The summed E-state index contributed by atoms with van der Waals surface area (Å²) >= 11 is 0. The number of carbonyl (C=O) groups is 3. The Bertz CT molecular complexity index is 3560. The van der Waals surface area contributed by atoms with E-state index < -0.39 is 68.0 Å². The van der Waals surface area contributed by atoms with Gasteiger partial charge < -0.3 is 23.3 Å². The Labute approximate surface area is 605 Å². The lowest BCUT2D eigenvalue weighted by atomic mass is 9.49. The van der Waals surface area contributed by atoms with Gasteiger partial charge in [-0.3, -0.25) is 9.59 Å². The summed E-state index contributed by atoms with van der Waals surface area (Å²) in [4.78, 5) is 38.8. The van der Waals surface area contributed by atoms with E-state index in [0.717, 1.165) is 57.8 Å². The third kappa shape index (κ3) is 23.7. The average Bonchev–Trinajstić information content (AvgIpc) is 1.43. The Balaban J connectivity index is 0.000000157. The predicted octanol–water partition coefficient (Wildman–Crippen LogP) is 21.5. The van der Waals surface area contributed by atoms with Crippen LogP contribution in [0.1, 0.15) is 237 Å². The number of unbranched alkanes of at least 4 members (excludes halogenated alkanes) is 18. The van der Waals surface area contributed by atoms with Gasteiger partial charge in [-0.1, -0.05) is 178 Å². The fraction of sp³-hybridized carbons (Fsp3) is 0.622. The number of rotatable bonds is 36. The molecule has 8 bridgehead atoms. The molecule has 12 nitrogen and oxygen atoms in total. The molecular formula is C82H111F3O12S4. The number of hydrogen-bond acceptors (Lipinski definition) is 12. The normalized spacial score (nSPS) is 23.1. The molecule has 0 aliphatic heterocycles. The SMILES string of the molecule is CCCCCCCCCCCCc1ccc(-[s+]2ccc3ccccc32)cc1.CCCCCCCCCCCCc1ccc(-[s+]2ccc3ccccc32)cc1.O=C(OCCC(F)CS(=O)(=O)[O-])C12CC3CC(CC(C3)C1)C2.O=C(OCCOC(=O)C(F)(F)S(=O)(=O)[O-])C12CC3CC(CC(C3)C1)C2. The van der Waals surface area contributed by atoms with Crippen molar-refractivity contribution >= 4 is 79.3 Å². The monoisotopic (exact) mass is 1470 g/mol. The summed E-state index contributed by atoms with van der Waals surface area (Å²) in [6.45, 7) is 3.23. The lowest BCUT2D eigenvalue weighted by molar-refractivity contribution is -0.176. The molecule has 101 heavy (non-hydrogen) atoms. The van der Waals surface area contributed by atoms with E-state index in [1.165, 1.54) is 202 Å². The van der Waals surface area contributed by atoms with Crippen LogP contribution in [0.3, 0.4) is 0 Å². The van der Waals surface area contributed by atoms with E-state index >= 15 is 0 Å². The van der Waals surface area contributed by atoms with Crippen molar-refractivity contribution in [2.45, 2.75) is 250 Å². The molecule has 2 aromatic heterocycles. The minimum Gasteiger partial charge on any atom is -0.748 e. The fourth-order valence-electron chi connectivity index (χ4n) is 17.8. The molecule has 14 rings (SSSR count). The van der Waals surface area contributed by atoms with Crippen molar-refractivity contribution < 1.29 is 67.7 Å². The fourth-order valence-corrected chi connectivity index (χ4v) is 22.4. The topological polar surface area (TPSA) is 193 Å². The van der Waals surface area contributed by atoms with Crippen LogP contribution >= 0.6 is 20.9 Å². The molecule has 3 atom stereocenters. The van der Waals surface area contributed by atoms with E-state index in [9.17, 15) is 53.5 Å². The van der Waals surface area contributed by atoms with Crippen LogP contribution in [-0.4, -0.2) is 80.8 Å². The minimum absolute atomic E-state index is 0.131. The molecule has 4 aromatic carbocycles. The molecule has 19 heteroatoms. The number of benzene rings is 4. The Morgan fingerprint density at radius 3 is 1.14 bits per heavy atom. The van der Waals surface area contributed by atoms with Gasteiger partial charge in [0.1, 0.15) is 30.1 Å². The van der Waals surface area contributed by atoms with Crippen LogP contribution in [0.2, 0.25) is 0 Å². The molecule has 6 aromatic rings. The molecule has 3 unspecified atom stereocenters. The summed E-state index contributed by atoms with van der Waals surface area (Å²) < 4.78 is 119. The number of fused-ring (bicyclic) bond motifs is 2. The maximum atomic E-state index is 13.3. The molecule has 8 aliphatic rings. The van der Waals surface area contributed by atoms with Gasteiger partial charge in [0.15, 0.2) is 29.3 Å². The van der Waals surface area contributed by atoms with Gasteiger partial charge in [-0.2, -0.15) is 8.78 Å². The van der Waals surface area contributed by atoms with Crippen molar-refractivity contribution in [3.8, 4) is 9.79 Å². The van der Waals surface area contributed by atoms with Crippen LogP contribution in [0.4, 0.5) is 13.2 Å². The second kappa shape index (κ2) is 38.7. The first-order valence-corrected chi connectivity index (χ1v) is 43.7. The standard InChI is InChI=1S/2C26H35S.C15H20F2O7S.C15H23FO5S/c2*1-2-3-4-5-6-7-8-9-10-11-14-23-17-19-25(20-18-23)27-22-21-24-15-12-13-16-26(24)27;16-15(17,25(20,21)22)13(19)24-2-1-23-12(18)14-6-9-3-10(7-14)5-11(4-9)8-14;16-13(9-22(18,19)20)1-2-21-14(17)15-6-10-3-11(7-15)5-12(4-10)8-15/h2*12-13,15-22H,2-11,14H2,1H3;9-11H,1-8H2,(H,20,21,22);10-13H,1-9H2,(H,18,19,20)/q2*+1;;/p-2. The van der Waals surface area contributed by atoms with Crippen molar-refractivity contribution in [2.75, 3.05) is 25.6 Å². The Hall–Kier alpha value is -5.18. The maximum absolute atomic E-state index is 13.3. The van der Waals surface area contributed by atoms with Gasteiger partial charge in [0, 0.05) is 50.3 Å². The summed E-state index contributed by atoms with van der Waals surface area (Å²) in [6.07, 6.45) is 40.7. The summed E-state index contributed by atoms with van der Waals surface area (Å²) in [7, 11) is -10.5. The number of hydrogen-bond donors (Lipinski definition) is 0. The van der Waals surface area contributed by atoms with Crippen LogP contribution in [-0.2, 0) is 61.7 Å². The van der Waals surface area contributed by atoms with Gasteiger partial charge in [0.25, 0.3) is 0 Å². The largest absolute Gasteiger partial charge is 0.748 e. The second-order valence-electron chi connectivity index (χ2n) is 30.4. The van der Waals surface area contributed by atoms with E-state index in [-0.39, 0.29) is 45.4 Å². The highest BCUT2D eigenvalue weighted by atomic mass is 32.2. The molecule has 0 N–H and O–H groups in total. The van der Waals surface area contributed by atoms with Crippen LogP contribution in [0.25, 0.3) is 30.0 Å². The van der Waals surface area contributed by atoms with Crippen molar-refractivity contribution in [3.63, 3.8) is 0 Å². The first kappa shape index (κ1) is 79.9. The van der Waals surface area contributed by atoms with Gasteiger partial charge in [0.2, 0.25) is 0 Å². The lowest BCUT2D eigenvalue weighted by Gasteiger charge is -2.55. The highest BCUT2D eigenvalue weighted by molar-refractivity contribution is 7.87. The molecule has 8 saturated carbocycles. The van der Waals surface area contributed by atoms with E-state index in [0.29, 0.717) is 35.5 Å². The quantitative estimate of drug-likeness (QED) is 0.0119. The molecule has 0 saturated heterocycles. The van der Waals surface area contributed by atoms with E-state index in [2.05, 4.69) is 139 Å². The van der Waals surface area contributed by atoms with Crippen molar-refractivity contribution in [1.82, 2.24) is 0 Å². The number of carbonyl (C=O) groups excluding carboxylic acids is 3. The van der Waals surface area contributed by atoms with E-state index in [1.807, 2.05) is 0 Å². The molecule has 0 radical (unpaired) electrons. The number of alkyl halides is 3. The minimum atomic E-state index is -6.15. The molecule has 2 heterocycles. The first-order valence-electron chi connectivity index (χ1n) is 38.2. The highest BCUT2D eigenvalue weighted by Crippen LogP contribution is 2.62. The van der Waals surface area contributed by atoms with E-state index in [4.69, 9.17) is 9.47 Å². The summed E-state index contributed by atoms with van der Waals surface area (Å²) in [5.41, 5.74) is 2.09. The highest BCUT2D eigenvalue weighted by Gasteiger charge is 2.57. The van der Waals surface area contributed by atoms with Gasteiger partial charge in [0.05, 0.1) is 33.3 Å². The van der Waals surface area contributed by atoms with Crippen molar-refractivity contribution in [3.05, 3.63) is 131 Å². The number of esters is 3. The number of aryl methyl sites for hydroxylation is 2. The van der Waals surface area contributed by atoms with Crippen molar-refractivity contribution in [2.24, 2.45) is 46.3 Å². The van der Waals surface area contributed by atoms with Crippen LogP contribution < -0.4 is 0 Å². The van der Waals surface area contributed by atoms with Crippen LogP contribution in [0.5, 0.6) is 0 Å². The molecule has 0 amide bonds. The third-order valence-electron chi connectivity index (χ3n) is 22.2. The second-order valence-corrected chi connectivity index (χ2v) is 37.0. The molecule has 8 aliphatic carbocycles. The van der Waals surface area contributed by atoms with Gasteiger partial charge in [-0.05, 0) is 198 Å². The Kier molecular flexibility index (Phi) is 30.6. The Morgan fingerprint density at radius 1 is 0.465 bits per heavy atom. The van der Waals surface area contributed by atoms with Gasteiger partial charge >= 0.3 is 23.2 Å². The zero-order valence-electron chi connectivity index (χ0n) is 59.8. The molecular weight excluding hydrogens is 1360 g/mol. The van der Waals surface area contributed by atoms with Crippen molar-refractivity contribution in [1.29, 1.82) is 0 Å². The maximum Gasteiger partial charge on any atom is 0.428 e. The van der Waals surface area contributed by atoms with Crippen LogP contribution in [0.15, 0.2) is 120 Å². The average molecular weight is 1470 g/mol.